The van der Waals surface area contributed by atoms with Crippen molar-refractivity contribution in [3.63, 3.8) is 0 Å². The van der Waals surface area contributed by atoms with Gasteiger partial charge in [0.2, 0.25) is 0 Å². The molecule has 0 spiro atoms. The third-order valence-electron chi connectivity index (χ3n) is 2.40. The predicted molar refractivity (Wildman–Crippen MR) is 53.3 cm³/mol. The Bertz CT molecular complexity index is 83.8. The molecule has 0 aromatic rings. The molecule has 2 heteroatoms. The number of hydrogen-bond acceptors (Lipinski definition) is 2. The molecule has 2 nitrogen and oxygen atoms in total. The fourth-order valence-electron chi connectivity index (χ4n) is 1.71. The van der Waals surface area contributed by atoms with Crippen LogP contribution in [0.5, 0.6) is 0 Å². The Morgan fingerprint density at radius 3 is 2.25 bits per heavy atom. The van der Waals surface area contributed by atoms with E-state index >= 15 is 0 Å². The van der Waals surface area contributed by atoms with E-state index < -0.39 is 0 Å². The van der Waals surface area contributed by atoms with Gasteiger partial charge in [0.05, 0.1) is 6.61 Å². The molecule has 0 fully saturated rings. The lowest BCUT2D eigenvalue weighted by Gasteiger charge is -2.28. The zero-order valence-electron chi connectivity index (χ0n) is 8.71. The fraction of sp³-hybridized carbons (Fsp3) is 1.00. The van der Waals surface area contributed by atoms with E-state index in [4.69, 9.17) is 5.11 Å². The molecule has 0 amide bonds. The number of aliphatic hydroxyl groups is 1. The van der Waals surface area contributed by atoms with Gasteiger partial charge in [0.25, 0.3) is 0 Å². The summed E-state index contributed by atoms with van der Waals surface area (Å²) in [4.78, 5) is 2.36. The monoisotopic (exact) mass is 173 g/mol. The molecule has 12 heavy (non-hydrogen) atoms. The Morgan fingerprint density at radius 1 is 1.25 bits per heavy atom. The maximum Gasteiger partial charge on any atom is 0.0558 e. The lowest BCUT2D eigenvalue weighted by molar-refractivity contribution is 0.146. The molecule has 0 rings (SSSR count). The van der Waals surface area contributed by atoms with Crippen LogP contribution in [0.1, 0.15) is 40.0 Å². The molecule has 0 saturated carbocycles. The topological polar surface area (TPSA) is 23.5 Å². The van der Waals surface area contributed by atoms with E-state index in [2.05, 4.69) is 25.7 Å². The highest BCUT2D eigenvalue weighted by molar-refractivity contribution is 4.68. The summed E-state index contributed by atoms with van der Waals surface area (Å²) >= 11 is 0. The highest BCUT2D eigenvalue weighted by Gasteiger charge is 2.12. The van der Waals surface area contributed by atoms with Gasteiger partial charge in [0.15, 0.2) is 0 Å². The molecule has 74 valence electrons. The third-order valence-corrected chi connectivity index (χ3v) is 2.40. The van der Waals surface area contributed by atoms with Gasteiger partial charge < -0.3 is 5.11 Å². The quantitative estimate of drug-likeness (QED) is 0.635. The lowest BCUT2D eigenvalue weighted by Crippen LogP contribution is -2.36. The van der Waals surface area contributed by atoms with Gasteiger partial charge in [-0.25, -0.2) is 0 Å². The predicted octanol–water partition coefficient (Wildman–Crippen LogP) is 1.88. The fourth-order valence-corrected chi connectivity index (χ4v) is 1.71. The molecule has 1 atom stereocenters. The molecular weight excluding hydrogens is 150 g/mol. The molecule has 0 aliphatic carbocycles. The summed E-state index contributed by atoms with van der Waals surface area (Å²) in [6, 6.07) is 0.673. The van der Waals surface area contributed by atoms with Crippen LogP contribution in [-0.4, -0.2) is 35.7 Å². The second-order valence-electron chi connectivity index (χ2n) is 3.20. The molecule has 0 saturated heterocycles. The smallest absolute Gasteiger partial charge is 0.0558 e. The van der Waals surface area contributed by atoms with Gasteiger partial charge in [-0.1, -0.05) is 27.2 Å². The SMILES string of the molecule is CCC[C@H](CC)N(CC)CCO. The number of aliphatic hydroxyl groups excluding tert-OH is 1. The van der Waals surface area contributed by atoms with E-state index in [9.17, 15) is 0 Å². The Hall–Kier alpha value is -0.0800. The summed E-state index contributed by atoms with van der Waals surface area (Å²) in [6.07, 6.45) is 3.69. The van der Waals surface area contributed by atoms with Crippen molar-refractivity contribution in [2.75, 3.05) is 19.7 Å². The minimum absolute atomic E-state index is 0.286. The van der Waals surface area contributed by atoms with Crippen molar-refractivity contribution in [1.82, 2.24) is 4.90 Å². The van der Waals surface area contributed by atoms with E-state index in [-0.39, 0.29) is 6.61 Å². The van der Waals surface area contributed by atoms with Gasteiger partial charge in [0, 0.05) is 12.6 Å². The Morgan fingerprint density at radius 2 is 1.92 bits per heavy atom. The molecule has 0 aromatic heterocycles. The molecule has 0 radical (unpaired) electrons. The first kappa shape index (κ1) is 11.9. The molecule has 0 unspecified atom stereocenters. The zero-order valence-corrected chi connectivity index (χ0v) is 8.71. The van der Waals surface area contributed by atoms with Crippen LogP contribution in [0.4, 0.5) is 0 Å². The Labute approximate surface area is 76.6 Å². The molecular formula is C10H23NO. The van der Waals surface area contributed by atoms with Gasteiger partial charge in [0.1, 0.15) is 0 Å². The normalized spacial score (nSPS) is 13.8. The Kier molecular flexibility index (Phi) is 7.51. The largest absolute Gasteiger partial charge is 0.395 e. The molecule has 0 aromatic carbocycles. The second-order valence-corrected chi connectivity index (χ2v) is 3.20. The molecule has 1 N–H and O–H groups in total. The average molecular weight is 173 g/mol. The van der Waals surface area contributed by atoms with Crippen LogP contribution in [0.25, 0.3) is 0 Å². The molecule has 0 bridgehead atoms. The maximum atomic E-state index is 8.84. The van der Waals surface area contributed by atoms with E-state index in [0.717, 1.165) is 13.1 Å². The van der Waals surface area contributed by atoms with E-state index in [1.54, 1.807) is 0 Å². The van der Waals surface area contributed by atoms with Crippen LogP contribution in [0.15, 0.2) is 0 Å². The zero-order chi connectivity index (χ0) is 9.40. The maximum absolute atomic E-state index is 8.84. The van der Waals surface area contributed by atoms with Crippen LogP contribution in [0, 0.1) is 0 Å². The van der Waals surface area contributed by atoms with Gasteiger partial charge in [-0.15, -0.1) is 0 Å². The minimum Gasteiger partial charge on any atom is -0.395 e. The lowest BCUT2D eigenvalue weighted by atomic mass is 10.1. The van der Waals surface area contributed by atoms with Crippen molar-refractivity contribution in [2.45, 2.75) is 46.1 Å². The standard InChI is InChI=1S/C10H23NO/c1-4-7-10(5-2)11(6-3)8-9-12/h10,12H,4-9H2,1-3H3/t10-/m0/s1. The summed E-state index contributed by atoms with van der Waals surface area (Å²) in [5.74, 6) is 0. The second kappa shape index (κ2) is 7.56. The first-order chi connectivity index (χ1) is 5.79. The van der Waals surface area contributed by atoms with Crippen LogP contribution in [-0.2, 0) is 0 Å². The summed E-state index contributed by atoms with van der Waals surface area (Å²) < 4.78 is 0. The molecule has 0 aliphatic heterocycles. The van der Waals surface area contributed by atoms with Gasteiger partial charge in [-0.05, 0) is 19.4 Å². The van der Waals surface area contributed by atoms with Crippen molar-refractivity contribution in [1.29, 1.82) is 0 Å². The minimum atomic E-state index is 0.286. The summed E-state index contributed by atoms with van der Waals surface area (Å²) in [7, 11) is 0. The first-order valence-electron chi connectivity index (χ1n) is 5.14. The van der Waals surface area contributed by atoms with Crippen LogP contribution in [0.3, 0.4) is 0 Å². The van der Waals surface area contributed by atoms with Crippen molar-refractivity contribution < 1.29 is 5.11 Å². The first-order valence-corrected chi connectivity index (χ1v) is 5.14. The average Bonchev–Trinajstić information content (AvgIpc) is 2.11. The number of likely N-dealkylation sites (N-methyl/N-ethyl adjacent to an activating group) is 1. The highest BCUT2D eigenvalue weighted by atomic mass is 16.3. The number of hydrogen-bond donors (Lipinski definition) is 1. The van der Waals surface area contributed by atoms with E-state index in [1.807, 2.05) is 0 Å². The highest BCUT2D eigenvalue weighted by Crippen LogP contribution is 2.09. The van der Waals surface area contributed by atoms with Crippen LogP contribution >= 0.6 is 0 Å². The summed E-state index contributed by atoms with van der Waals surface area (Å²) in [5.41, 5.74) is 0. The van der Waals surface area contributed by atoms with Crippen molar-refractivity contribution in [3.8, 4) is 0 Å². The van der Waals surface area contributed by atoms with E-state index in [0.29, 0.717) is 6.04 Å². The van der Waals surface area contributed by atoms with Crippen molar-refractivity contribution in [2.24, 2.45) is 0 Å². The van der Waals surface area contributed by atoms with Crippen molar-refractivity contribution in [3.05, 3.63) is 0 Å². The summed E-state index contributed by atoms with van der Waals surface area (Å²) in [5, 5.41) is 8.84. The number of nitrogens with zero attached hydrogens (tertiary/aromatic N) is 1. The van der Waals surface area contributed by atoms with Gasteiger partial charge in [-0.3, -0.25) is 4.90 Å². The molecule has 0 heterocycles. The Balaban J connectivity index is 3.84. The third kappa shape index (κ3) is 4.07. The summed E-state index contributed by atoms with van der Waals surface area (Å²) in [6.45, 7) is 8.77. The van der Waals surface area contributed by atoms with Gasteiger partial charge >= 0.3 is 0 Å². The van der Waals surface area contributed by atoms with Gasteiger partial charge in [-0.2, -0.15) is 0 Å². The van der Waals surface area contributed by atoms with E-state index in [1.165, 1.54) is 19.3 Å². The number of rotatable bonds is 7. The van der Waals surface area contributed by atoms with Crippen LogP contribution < -0.4 is 0 Å². The van der Waals surface area contributed by atoms with Crippen LogP contribution in [0.2, 0.25) is 0 Å². The van der Waals surface area contributed by atoms with Crippen molar-refractivity contribution >= 4 is 0 Å². The molecule has 0 aliphatic rings.